The lowest BCUT2D eigenvalue weighted by Crippen LogP contribution is -2.47. The zero-order chi connectivity index (χ0) is 17.5. The maximum Gasteiger partial charge on any atom is 0.223 e. The lowest BCUT2D eigenvalue weighted by Gasteiger charge is -2.33. The Morgan fingerprint density at radius 3 is 2.42 bits per heavy atom. The van der Waals surface area contributed by atoms with E-state index < -0.39 is 0 Å². The van der Waals surface area contributed by atoms with Gasteiger partial charge in [0.15, 0.2) is 0 Å². The first kappa shape index (κ1) is 20.5. The Balaban J connectivity index is 0.00000243. The number of carbonyl (C=O) groups excluding carboxylic acids is 1. The predicted octanol–water partition coefficient (Wildman–Crippen LogP) is 4.04. The van der Waals surface area contributed by atoms with Crippen LogP contribution < -0.4 is 5.32 Å². The fourth-order valence-electron chi connectivity index (χ4n) is 3.71. The van der Waals surface area contributed by atoms with Crippen molar-refractivity contribution in [1.29, 1.82) is 0 Å². The van der Waals surface area contributed by atoms with E-state index in [-0.39, 0.29) is 24.2 Å². The average molecular weight is 373 g/mol. The van der Waals surface area contributed by atoms with Gasteiger partial charge in [0.2, 0.25) is 5.91 Å². The van der Waals surface area contributed by atoms with Crippen LogP contribution in [0.5, 0.6) is 0 Å². The zero-order valence-electron chi connectivity index (χ0n) is 15.4. The van der Waals surface area contributed by atoms with Crippen LogP contribution in [-0.4, -0.2) is 37.0 Å². The van der Waals surface area contributed by atoms with Crippen LogP contribution in [-0.2, 0) is 11.2 Å². The van der Waals surface area contributed by atoms with Crippen LogP contribution >= 0.6 is 12.4 Å². The molecule has 140 valence electrons. The van der Waals surface area contributed by atoms with E-state index in [2.05, 4.69) is 53.8 Å². The molecule has 1 amide bonds. The molecule has 1 aliphatic rings. The molecule has 1 N–H and O–H groups in total. The second kappa shape index (κ2) is 10.3. The van der Waals surface area contributed by atoms with E-state index in [9.17, 15) is 4.79 Å². The largest absolute Gasteiger partial charge is 0.341 e. The number of hydrogen-bond donors (Lipinski definition) is 1. The van der Waals surface area contributed by atoms with Crippen molar-refractivity contribution in [1.82, 2.24) is 10.2 Å². The molecule has 0 saturated carbocycles. The Labute approximate surface area is 163 Å². The third-order valence-electron chi connectivity index (χ3n) is 5.20. The topological polar surface area (TPSA) is 32.3 Å². The van der Waals surface area contributed by atoms with Crippen molar-refractivity contribution in [2.75, 3.05) is 20.1 Å². The minimum absolute atomic E-state index is 0. The number of benzene rings is 2. The molecule has 0 aliphatic carbocycles. The van der Waals surface area contributed by atoms with Gasteiger partial charge in [-0.05, 0) is 43.4 Å². The molecule has 0 bridgehead atoms. The number of hydrogen-bond acceptors (Lipinski definition) is 2. The molecule has 3 nitrogen and oxygen atoms in total. The van der Waals surface area contributed by atoms with Gasteiger partial charge in [-0.1, -0.05) is 60.7 Å². The van der Waals surface area contributed by atoms with Gasteiger partial charge in [-0.15, -0.1) is 12.4 Å². The maximum absolute atomic E-state index is 12.9. The second-order valence-electron chi connectivity index (χ2n) is 6.97. The Morgan fingerprint density at radius 1 is 1.12 bits per heavy atom. The van der Waals surface area contributed by atoms with Gasteiger partial charge >= 0.3 is 0 Å². The number of piperidine rings is 1. The van der Waals surface area contributed by atoms with Crippen molar-refractivity contribution < 1.29 is 4.79 Å². The molecule has 1 aliphatic heterocycles. The summed E-state index contributed by atoms with van der Waals surface area (Å²) < 4.78 is 0. The van der Waals surface area contributed by atoms with Gasteiger partial charge in [0.1, 0.15) is 0 Å². The first-order chi connectivity index (χ1) is 12.3. The number of rotatable bonds is 6. The highest BCUT2D eigenvalue weighted by molar-refractivity contribution is 5.85. The van der Waals surface area contributed by atoms with Crippen molar-refractivity contribution in [2.24, 2.45) is 0 Å². The predicted molar refractivity (Wildman–Crippen MR) is 110 cm³/mol. The summed E-state index contributed by atoms with van der Waals surface area (Å²) in [6.07, 6.45) is 3.73. The summed E-state index contributed by atoms with van der Waals surface area (Å²) in [6, 6.07) is 21.4. The Morgan fingerprint density at radius 2 is 1.77 bits per heavy atom. The summed E-state index contributed by atoms with van der Waals surface area (Å²) in [7, 11) is 1.99. The monoisotopic (exact) mass is 372 g/mol. The summed E-state index contributed by atoms with van der Waals surface area (Å²) >= 11 is 0. The fraction of sp³-hybridized carbons (Fsp3) is 0.409. The van der Waals surface area contributed by atoms with Gasteiger partial charge in [-0.2, -0.15) is 0 Å². The lowest BCUT2D eigenvalue weighted by atomic mass is 9.88. The van der Waals surface area contributed by atoms with Gasteiger partial charge in [-0.25, -0.2) is 0 Å². The zero-order valence-corrected chi connectivity index (χ0v) is 16.3. The molecule has 4 heteroatoms. The van der Waals surface area contributed by atoms with Crippen LogP contribution in [0.2, 0.25) is 0 Å². The quantitative estimate of drug-likeness (QED) is 0.830. The standard InChI is InChI=1S/C22H28N2O.ClH/c1-23-21-13-8-14-24(17-21)22(25)16-20(19-11-6-3-7-12-19)15-18-9-4-2-5-10-18;/h2-7,9-12,20-21,23H,8,13-17H2,1H3;1H. The minimum atomic E-state index is 0. The molecule has 1 heterocycles. The highest BCUT2D eigenvalue weighted by Crippen LogP contribution is 2.26. The van der Waals surface area contributed by atoms with Gasteiger partial charge in [0, 0.05) is 25.6 Å². The molecule has 2 aromatic rings. The summed E-state index contributed by atoms with van der Waals surface area (Å²) in [5, 5.41) is 3.32. The molecular weight excluding hydrogens is 344 g/mol. The molecule has 26 heavy (non-hydrogen) atoms. The van der Waals surface area contributed by atoms with Crippen LogP contribution in [0.25, 0.3) is 0 Å². The molecule has 0 spiro atoms. The van der Waals surface area contributed by atoms with E-state index in [4.69, 9.17) is 0 Å². The molecular formula is C22H29ClN2O. The molecule has 3 rings (SSSR count). The third-order valence-corrected chi connectivity index (χ3v) is 5.20. The highest BCUT2D eigenvalue weighted by atomic mass is 35.5. The van der Waals surface area contributed by atoms with Gasteiger partial charge in [0.05, 0.1) is 0 Å². The van der Waals surface area contributed by atoms with Crippen LogP contribution in [0.15, 0.2) is 60.7 Å². The molecule has 0 radical (unpaired) electrons. The van der Waals surface area contributed by atoms with Crippen molar-refractivity contribution >= 4 is 18.3 Å². The van der Waals surface area contributed by atoms with E-state index in [0.29, 0.717) is 12.5 Å². The van der Waals surface area contributed by atoms with Gasteiger partial charge < -0.3 is 10.2 Å². The lowest BCUT2D eigenvalue weighted by molar-refractivity contribution is -0.132. The molecule has 2 atom stereocenters. The SMILES string of the molecule is CNC1CCCN(C(=O)CC(Cc2ccccc2)c2ccccc2)C1.Cl. The van der Waals surface area contributed by atoms with Crippen molar-refractivity contribution in [3.05, 3.63) is 71.8 Å². The van der Waals surface area contributed by atoms with E-state index >= 15 is 0 Å². The number of likely N-dealkylation sites (N-methyl/N-ethyl adjacent to an activating group) is 1. The Hall–Kier alpha value is -1.84. The number of carbonyl (C=O) groups is 1. The van der Waals surface area contributed by atoms with E-state index in [1.807, 2.05) is 24.1 Å². The number of amides is 1. The summed E-state index contributed by atoms with van der Waals surface area (Å²) in [6.45, 7) is 1.73. The van der Waals surface area contributed by atoms with Crippen molar-refractivity contribution in [3.8, 4) is 0 Å². The smallest absolute Gasteiger partial charge is 0.223 e. The van der Waals surface area contributed by atoms with Crippen LogP contribution in [0.3, 0.4) is 0 Å². The first-order valence-electron chi connectivity index (χ1n) is 9.30. The number of nitrogens with one attached hydrogen (secondary N) is 1. The van der Waals surface area contributed by atoms with Crippen molar-refractivity contribution in [3.63, 3.8) is 0 Å². The number of likely N-dealkylation sites (tertiary alicyclic amines) is 1. The van der Waals surface area contributed by atoms with E-state index in [0.717, 1.165) is 32.4 Å². The van der Waals surface area contributed by atoms with Crippen LogP contribution in [0, 0.1) is 0 Å². The summed E-state index contributed by atoms with van der Waals surface area (Å²) in [5.41, 5.74) is 2.54. The molecule has 0 aromatic heterocycles. The number of halogens is 1. The highest BCUT2D eigenvalue weighted by Gasteiger charge is 2.25. The minimum Gasteiger partial charge on any atom is -0.341 e. The molecule has 2 unspecified atom stereocenters. The van der Waals surface area contributed by atoms with Crippen molar-refractivity contribution in [2.45, 2.75) is 37.6 Å². The third kappa shape index (κ3) is 5.58. The number of nitrogens with zero attached hydrogens (tertiary/aromatic N) is 1. The molecule has 1 saturated heterocycles. The van der Waals surface area contributed by atoms with Gasteiger partial charge in [0.25, 0.3) is 0 Å². The Kier molecular flexibility index (Phi) is 8.14. The molecule has 1 fully saturated rings. The van der Waals surface area contributed by atoms with E-state index in [1.54, 1.807) is 0 Å². The second-order valence-corrected chi connectivity index (χ2v) is 6.97. The van der Waals surface area contributed by atoms with Crippen LogP contribution in [0.4, 0.5) is 0 Å². The summed E-state index contributed by atoms with van der Waals surface area (Å²) in [4.78, 5) is 15.0. The fourth-order valence-corrected chi connectivity index (χ4v) is 3.71. The van der Waals surface area contributed by atoms with Crippen LogP contribution in [0.1, 0.15) is 36.3 Å². The molecule has 2 aromatic carbocycles. The Bertz CT molecular complexity index is 662. The average Bonchev–Trinajstić information content (AvgIpc) is 2.69. The summed E-state index contributed by atoms with van der Waals surface area (Å²) in [5.74, 6) is 0.510. The maximum atomic E-state index is 12.9. The van der Waals surface area contributed by atoms with E-state index in [1.165, 1.54) is 11.1 Å². The van der Waals surface area contributed by atoms with Gasteiger partial charge in [-0.3, -0.25) is 4.79 Å². The first-order valence-corrected chi connectivity index (χ1v) is 9.30. The normalized spacial score (nSPS) is 18.0.